The number of piperidine rings is 1. The Kier molecular flexibility index (Phi) is 4.68. The third-order valence-electron chi connectivity index (χ3n) is 4.41. The molecule has 1 N–H and O–H groups in total. The van der Waals surface area contributed by atoms with Crippen LogP contribution in [-0.4, -0.2) is 44.8 Å². The SMILES string of the molecule is CCCn1ncnc1CN(CC1CCCCN1)C1CC1. The minimum atomic E-state index is 0.673. The van der Waals surface area contributed by atoms with E-state index >= 15 is 0 Å². The lowest BCUT2D eigenvalue weighted by Gasteiger charge is -2.30. The van der Waals surface area contributed by atoms with E-state index in [4.69, 9.17) is 0 Å². The first kappa shape index (κ1) is 14.0. The Morgan fingerprint density at radius 3 is 2.95 bits per heavy atom. The van der Waals surface area contributed by atoms with Crippen LogP contribution in [0, 0.1) is 0 Å². The quantitative estimate of drug-likeness (QED) is 0.825. The van der Waals surface area contributed by atoms with Gasteiger partial charge in [0.25, 0.3) is 0 Å². The number of hydrogen-bond donors (Lipinski definition) is 1. The third-order valence-corrected chi connectivity index (χ3v) is 4.41. The van der Waals surface area contributed by atoms with Crippen LogP contribution < -0.4 is 5.32 Å². The first-order valence-electron chi connectivity index (χ1n) is 8.21. The summed E-state index contributed by atoms with van der Waals surface area (Å²) in [5, 5.41) is 8.02. The topological polar surface area (TPSA) is 46.0 Å². The monoisotopic (exact) mass is 277 g/mol. The van der Waals surface area contributed by atoms with Crippen LogP contribution in [0.3, 0.4) is 0 Å². The average molecular weight is 277 g/mol. The average Bonchev–Trinajstić information content (AvgIpc) is 3.23. The second kappa shape index (κ2) is 6.68. The van der Waals surface area contributed by atoms with Gasteiger partial charge in [-0.15, -0.1) is 0 Å². The molecule has 1 atom stereocenters. The van der Waals surface area contributed by atoms with Crippen molar-refractivity contribution in [3.63, 3.8) is 0 Å². The molecule has 1 aliphatic carbocycles. The number of aryl methyl sites for hydroxylation is 1. The molecule has 0 bridgehead atoms. The Morgan fingerprint density at radius 2 is 2.25 bits per heavy atom. The fourth-order valence-corrected chi connectivity index (χ4v) is 3.14. The lowest BCUT2D eigenvalue weighted by molar-refractivity contribution is 0.200. The zero-order chi connectivity index (χ0) is 13.8. The van der Waals surface area contributed by atoms with Gasteiger partial charge in [0.15, 0.2) is 0 Å². The molecule has 1 aromatic rings. The van der Waals surface area contributed by atoms with E-state index in [0.717, 1.165) is 31.4 Å². The summed E-state index contributed by atoms with van der Waals surface area (Å²) in [4.78, 5) is 7.09. The standard InChI is InChI=1S/C15H27N5/c1-2-9-20-15(17-12-18-20)11-19(14-6-7-14)10-13-5-3-4-8-16-13/h12-14,16H,2-11H2,1H3. The Morgan fingerprint density at radius 1 is 1.35 bits per heavy atom. The number of nitrogens with zero attached hydrogens (tertiary/aromatic N) is 4. The highest BCUT2D eigenvalue weighted by atomic mass is 15.4. The van der Waals surface area contributed by atoms with Gasteiger partial charge in [0.2, 0.25) is 0 Å². The molecular weight excluding hydrogens is 250 g/mol. The van der Waals surface area contributed by atoms with E-state index in [2.05, 4.69) is 31.9 Å². The van der Waals surface area contributed by atoms with Crippen molar-refractivity contribution in [3.8, 4) is 0 Å². The third kappa shape index (κ3) is 3.58. The predicted octanol–water partition coefficient (Wildman–Crippen LogP) is 1.79. The van der Waals surface area contributed by atoms with Crippen LogP contribution in [0.5, 0.6) is 0 Å². The Hall–Kier alpha value is -0.940. The summed E-state index contributed by atoms with van der Waals surface area (Å²) in [5.74, 6) is 1.13. The second-order valence-electron chi connectivity index (χ2n) is 6.21. The molecular formula is C15H27N5. The van der Waals surface area contributed by atoms with Crippen molar-refractivity contribution >= 4 is 0 Å². The van der Waals surface area contributed by atoms with Crippen LogP contribution in [0.1, 0.15) is 51.3 Å². The van der Waals surface area contributed by atoms with E-state index in [1.165, 1.54) is 45.2 Å². The van der Waals surface area contributed by atoms with E-state index in [0.29, 0.717) is 6.04 Å². The van der Waals surface area contributed by atoms with Gasteiger partial charge in [0.05, 0.1) is 6.54 Å². The van der Waals surface area contributed by atoms with Crippen molar-refractivity contribution in [2.24, 2.45) is 0 Å². The molecule has 1 saturated heterocycles. The molecule has 5 nitrogen and oxygen atoms in total. The summed E-state index contributed by atoms with van der Waals surface area (Å²) >= 11 is 0. The minimum Gasteiger partial charge on any atom is -0.313 e. The number of hydrogen-bond acceptors (Lipinski definition) is 4. The number of aromatic nitrogens is 3. The fraction of sp³-hybridized carbons (Fsp3) is 0.867. The Balaban J connectivity index is 1.60. The maximum Gasteiger partial charge on any atom is 0.141 e. The van der Waals surface area contributed by atoms with Gasteiger partial charge >= 0.3 is 0 Å². The molecule has 0 radical (unpaired) electrons. The minimum absolute atomic E-state index is 0.673. The van der Waals surface area contributed by atoms with E-state index in [1.807, 2.05) is 0 Å². The van der Waals surface area contributed by atoms with E-state index in [1.54, 1.807) is 6.33 Å². The van der Waals surface area contributed by atoms with Crippen molar-refractivity contribution in [2.75, 3.05) is 13.1 Å². The molecule has 1 saturated carbocycles. The van der Waals surface area contributed by atoms with Crippen LogP contribution in [0.15, 0.2) is 6.33 Å². The normalized spacial score (nSPS) is 23.4. The van der Waals surface area contributed by atoms with Crippen molar-refractivity contribution in [3.05, 3.63) is 12.2 Å². The summed E-state index contributed by atoms with van der Waals surface area (Å²) in [5.41, 5.74) is 0. The molecule has 0 amide bonds. The molecule has 20 heavy (non-hydrogen) atoms. The summed E-state index contributed by atoms with van der Waals surface area (Å²) in [7, 11) is 0. The maximum absolute atomic E-state index is 4.47. The lowest BCUT2D eigenvalue weighted by atomic mass is 10.0. The Labute approximate surface area is 121 Å². The molecule has 0 aromatic carbocycles. The molecule has 3 rings (SSSR count). The molecule has 2 fully saturated rings. The van der Waals surface area contributed by atoms with Gasteiger partial charge in [0.1, 0.15) is 12.2 Å². The molecule has 5 heteroatoms. The van der Waals surface area contributed by atoms with Crippen LogP contribution in [0.2, 0.25) is 0 Å². The molecule has 0 spiro atoms. The van der Waals surface area contributed by atoms with Gasteiger partial charge in [-0.2, -0.15) is 5.10 Å². The van der Waals surface area contributed by atoms with Crippen LogP contribution >= 0.6 is 0 Å². The molecule has 1 aromatic heterocycles. The van der Waals surface area contributed by atoms with Gasteiger partial charge in [-0.25, -0.2) is 9.67 Å². The molecule has 2 aliphatic rings. The van der Waals surface area contributed by atoms with Crippen LogP contribution in [0.25, 0.3) is 0 Å². The first-order chi connectivity index (χ1) is 9.86. The second-order valence-corrected chi connectivity index (χ2v) is 6.21. The highest BCUT2D eigenvalue weighted by Gasteiger charge is 2.31. The largest absolute Gasteiger partial charge is 0.313 e. The number of nitrogens with one attached hydrogen (secondary N) is 1. The van der Waals surface area contributed by atoms with Crippen molar-refractivity contribution in [2.45, 2.75) is 70.6 Å². The summed E-state index contributed by atoms with van der Waals surface area (Å²) < 4.78 is 2.07. The van der Waals surface area contributed by atoms with Gasteiger partial charge in [-0.3, -0.25) is 4.90 Å². The van der Waals surface area contributed by atoms with Gasteiger partial charge in [-0.1, -0.05) is 13.3 Å². The van der Waals surface area contributed by atoms with E-state index in [-0.39, 0.29) is 0 Å². The van der Waals surface area contributed by atoms with Crippen LogP contribution in [-0.2, 0) is 13.1 Å². The zero-order valence-electron chi connectivity index (χ0n) is 12.6. The molecule has 112 valence electrons. The smallest absolute Gasteiger partial charge is 0.141 e. The Bertz CT molecular complexity index is 406. The van der Waals surface area contributed by atoms with Crippen LogP contribution in [0.4, 0.5) is 0 Å². The highest BCUT2D eigenvalue weighted by Crippen LogP contribution is 2.28. The maximum atomic E-state index is 4.47. The molecule has 1 unspecified atom stereocenters. The van der Waals surface area contributed by atoms with E-state index in [9.17, 15) is 0 Å². The van der Waals surface area contributed by atoms with E-state index < -0.39 is 0 Å². The summed E-state index contributed by atoms with van der Waals surface area (Å²) in [6.45, 7) is 6.49. The zero-order valence-corrected chi connectivity index (χ0v) is 12.6. The molecule has 2 heterocycles. The summed E-state index contributed by atoms with van der Waals surface area (Å²) in [6.07, 6.45) is 9.57. The number of rotatable bonds is 7. The summed E-state index contributed by atoms with van der Waals surface area (Å²) in [6, 6.07) is 1.46. The van der Waals surface area contributed by atoms with Gasteiger partial charge < -0.3 is 5.32 Å². The van der Waals surface area contributed by atoms with Gasteiger partial charge in [0, 0.05) is 25.2 Å². The predicted molar refractivity (Wildman–Crippen MR) is 79.4 cm³/mol. The van der Waals surface area contributed by atoms with Crippen molar-refractivity contribution < 1.29 is 0 Å². The first-order valence-corrected chi connectivity index (χ1v) is 8.21. The highest BCUT2D eigenvalue weighted by molar-refractivity contribution is 4.93. The molecule has 1 aliphatic heterocycles. The van der Waals surface area contributed by atoms with Crippen molar-refractivity contribution in [1.29, 1.82) is 0 Å². The van der Waals surface area contributed by atoms with Gasteiger partial charge in [-0.05, 0) is 38.6 Å². The van der Waals surface area contributed by atoms with Crippen molar-refractivity contribution in [1.82, 2.24) is 25.0 Å². The fourth-order valence-electron chi connectivity index (χ4n) is 3.14. The lowest BCUT2D eigenvalue weighted by Crippen LogP contribution is -2.44.